The van der Waals surface area contributed by atoms with E-state index in [1.807, 2.05) is 67.5 Å². The molecule has 0 aromatic heterocycles. The van der Waals surface area contributed by atoms with Crippen molar-refractivity contribution in [2.24, 2.45) is 0 Å². The Kier molecular flexibility index (Phi) is 4.41. The normalized spacial score (nSPS) is 10.2. The van der Waals surface area contributed by atoms with Crippen molar-refractivity contribution < 1.29 is 4.79 Å². The summed E-state index contributed by atoms with van der Waals surface area (Å²) in [7, 11) is 3.92. The molecule has 3 nitrogen and oxygen atoms in total. The van der Waals surface area contributed by atoms with Crippen LogP contribution in [0.2, 0.25) is 0 Å². The van der Waals surface area contributed by atoms with Gasteiger partial charge >= 0.3 is 0 Å². The summed E-state index contributed by atoms with van der Waals surface area (Å²) in [6, 6.07) is 15.5. The average molecular weight is 268 g/mol. The molecule has 1 N–H and O–H groups in total. The van der Waals surface area contributed by atoms with Gasteiger partial charge < -0.3 is 10.2 Å². The summed E-state index contributed by atoms with van der Waals surface area (Å²) in [6.45, 7) is 2.11. The largest absolute Gasteiger partial charge is 0.378 e. The first kappa shape index (κ1) is 14.1. The summed E-state index contributed by atoms with van der Waals surface area (Å²) in [4.78, 5) is 14.2. The lowest BCUT2D eigenvalue weighted by atomic mass is 10.1. The molecular formula is C17H20N2O. The van der Waals surface area contributed by atoms with Gasteiger partial charge in [-0.3, -0.25) is 4.79 Å². The van der Waals surface area contributed by atoms with E-state index in [1.54, 1.807) is 0 Å². The number of nitrogens with one attached hydrogen (secondary N) is 1. The van der Waals surface area contributed by atoms with Crippen LogP contribution < -0.4 is 10.2 Å². The molecule has 2 aromatic rings. The van der Waals surface area contributed by atoms with Crippen molar-refractivity contribution >= 4 is 17.3 Å². The van der Waals surface area contributed by atoms with E-state index in [4.69, 9.17) is 0 Å². The minimum atomic E-state index is -0.0852. The van der Waals surface area contributed by atoms with Crippen molar-refractivity contribution in [3.05, 3.63) is 59.7 Å². The molecule has 0 spiro atoms. The molecule has 0 saturated carbocycles. The van der Waals surface area contributed by atoms with Crippen LogP contribution in [0.1, 0.15) is 22.8 Å². The van der Waals surface area contributed by atoms with Gasteiger partial charge in [-0.2, -0.15) is 0 Å². The highest BCUT2D eigenvalue weighted by Gasteiger charge is 2.07. The van der Waals surface area contributed by atoms with Crippen LogP contribution in [-0.2, 0) is 6.42 Å². The zero-order valence-electron chi connectivity index (χ0n) is 12.2. The lowest BCUT2D eigenvalue weighted by molar-refractivity contribution is 0.102. The van der Waals surface area contributed by atoms with Gasteiger partial charge in [-0.15, -0.1) is 0 Å². The van der Waals surface area contributed by atoms with Crippen LogP contribution in [0, 0.1) is 0 Å². The van der Waals surface area contributed by atoms with E-state index in [0.29, 0.717) is 5.56 Å². The van der Waals surface area contributed by atoms with Gasteiger partial charge in [-0.1, -0.05) is 25.1 Å². The monoisotopic (exact) mass is 268 g/mol. The third-order valence-corrected chi connectivity index (χ3v) is 3.24. The fraction of sp³-hybridized carbons (Fsp3) is 0.235. The second-order valence-corrected chi connectivity index (χ2v) is 4.95. The first-order valence-corrected chi connectivity index (χ1v) is 6.78. The number of rotatable bonds is 4. The van der Waals surface area contributed by atoms with E-state index in [1.165, 1.54) is 5.56 Å². The van der Waals surface area contributed by atoms with Crippen molar-refractivity contribution in [2.45, 2.75) is 13.3 Å². The quantitative estimate of drug-likeness (QED) is 0.919. The summed E-state index contributed by atoms with van der Waals surface area (Å²) in [5, 5.41) is 2.92. The van der Waals surface area contributed by atoms with Crippen molar-refractivity contribution in [2.75, 3.05) is 24.3 Å². The van der Waals surface area contributed by atoms with E-state index in [0.717, 1.165) is 17.8 Å². The maximum absolute atomic E-state index is 12.2. The van der Waals surface area contributed by atoms with Crippen LogP contribution in [0.15, 0.2) is 48.5 Å². The lowest BCUT2D eigenvalue weighted by Gasteiger charge is -2.13. The molecule has 0 aliphatic carbocycles. The number of hydrogen-bond acceptors (Lipinski definition) is 2. The predicted molar refractivity (Wildman–Crippen MR) is 84.5 cm³/mol. The molecule has 0 saturated heterocycles. The molecule has 2 rings (SSSR count). The number of anilines is 2. The van der Waals surface area contributed by atoms with Gasteiger partial charge in [0, 0.05) is 31.0 Å². The molecule has 104 valence electrons. The highest BCUT2D eigenvalue weighted by molar-refractivity contribution is 6.04. The number of carbonyl (C=O) groups is 1. The van der Waals surface area contributed by atoms with Crippen LogP contribution in [-0.4, -0.2) is 20.0 Å². The summed E-state index contributed by atoms with van der Waals surface area (Å²) in [6.07, 6.45) is 0.999. The molecule has 0 heterocycles. The maximum atomic E-state index is 12.2. The molecular weight excluding hydrogens is 248 g/mol. The molecule has 0 unspecified atom stereocenters. The topological polar surface area (TPSA) is 32.3 Å². The zero-order chi connectivity index (χ0) is 14.5. The number of hydrogen-bond donors (Lipinski definition) is 1. The second-order valence-electron chi connectivity index (χ2n) is 4.95. The standard InChI is InChI=1S/C17H20N2O/c1-4-13-8-10-15(11-9-13)18-17(20)14-6-5-7-16(12-14)19(2)3/h5-12H,4H2,1-3H3,(H,18,20). The fourth-order valence-electron chi connectivity index (χ4n) is 1.95. The highest BCUT2D eigenvalue weighted by Crippen LogP contribution is 2.16. The molecule has 0 aliphatic heterocycles. The lowest BCUT2D eigenvalue weighted by Crippen LogP contribution is -2.14. The van der Waals surface area contributed by atoms with E-state index >= 15 is 0 Å². The molecule has 3 heteroatoms. The Hall–Kier alpha value is -2.29. The molecule has 0 radical (unpaired) electrons. The SMILES string of the molecule is CCc1ccc(NC(=O)c2cccc(N(C)C)c2)cc1. The van der Waals surface area contributed by atoms with Crippen molar-refractivity contribution in [1.82, 2.24) is 0 Å². The average Bonchev–Trinajstić information content (AvgIpc) is 2.48. The summed E-state index contributed by atoms with van der Waals surface area (Å²) in [5.74, 6) is -0.0852. The van der Waals surface area contributed by atoms with Crippen molar-refractivity contribution in [3.8, 4) is 0 Å². The molecule has 1 amide bonds. The predicted octanol–water partition coefficient (Wildman–Crippen LogP) is 3.57. The summed E-state index contributed by atoms with van der Waals surface area (Å²) < 4.78 is 0. The first-order valence-electron chi connectivity index (χ1n) is 6.78. The van der Waals surface area contributed by atoms with Gasteiger partial charge in [-0.25, -0.2) is 0 Å². The summed E-state index contributed by atoms with van der Waals surface area (Å²) >= 11 is 0. The third-order valence-electron chi connectivity index (χ3n) is 3.24. The number of amides is 1. The number of aryl methyl sites for hydroxylation is 1. The minimum absolute atomic E-state index is 0.0852. The maximum Gasteiger partial charge on any atom is 0.255 e. The van der Waals surface area contributed by atoms with Crippen LogP contribution in [0.25, 0.3) is 0 Å². The Morgan fingerprint density at radius 1 is 1.10 bits per heavy atom. The molecule has 20 heavy (non-hydrogen) atoms. The Morgan fingerprint density at radius 2 is 1.80 bits per heavy atom. The van der Waals surface area contributed by atoms with E-state index < -0.39 is 0 Å². The molecule has 0 bridgehead atoms. The van der Waals surface area contributed by atoms with Gasteiger partial charge in [0.05, 0.1) is 0 Å². The Labute approximate surface area is 120 Å². The number of carbonyl (C=O) groups excluding carboxylic acids is 1. The molecule has 0 fully saturated rings. The third kappa shape index (κ3) is 3.38. The highest BCUT2D eigenvalue weighted by atomic mass is 16.1. The molecule has 0 atom stereocenters. The number of nitrogens with zero attached hydrogens (tertiary/aromatic N) is 1. The van der Waals surface area contributed by atoms with Crippen molar-refractivity contribution in [1.29, 1.82) is 0 Å². The van der Waals surface area contributed by atoms with Crippen molar-refractivity contribution in [3.63, 3.8) is 0 Å². The second kappa shape index (κ2) is 6.24. The van der Waals surface area contributed by atoms with Gasteiger partial charge in [0.25, 0.3) is 5.91 Å². The smallest absolute Gasteiger partial charge is 0.255 e. The van der Waals surface area contributed by atoms with Gasteiger partial charge in [0.15, 0.2) is 0 Å². The van der Waals surface area contributed by atoms with Gasteiger partial charge in [-0.05, 0) is 42.3 Å². The Morgan fingerprint density at radius 3 is 2.40 bits per heavy atom. The van der Waals surface area contributed by atoms with Gasteiger partial charge in [0.2, 0.25) is 0 Å². The van der Waals surface area contributed by atoms with Crippen LogP contribution in [0.5, 0.6) is 0 Å². The minimum Gasteiger partial charge on any atom is -0.378 e. The molecule has 2 aromatic carbocycles. The Balaban J connectivity index is 2.12. The van der Waals surface area contributed by atoms with Crippen LogP contribution in [0.3, 0.4) is 0 Å². The zero-order valence-corrected chi connectivity index (χ0v) is 12.2. The molecule has 0 aliphatic rings. The van der Waals surface area contributed by atoms with Crippen LogP contribution >= 0.6 is 0 Å². The van der Waals surface area contributed by atoms with E-state index in [-0.39, 0.29) is 5.91 Å². The first-order chi connectivity index (χ1) is 9.60. The Bertz CT molecular complexity index is 588. The fourth-order valence-corrected chi connectivity index (χ4v) is 1.95. The number of benzene rings is 2. The summed E-state index contributed by atoms with van der Waals surface area (Å²) in [5.41, 5.74) is 3.76. The van der Waals surface area contributed by atoms with Gasteiger partial charge in [0.1, 0.15) is 0 Å². The van der Waals surface area contributed by atoms with Crippen LogP contribution in [0.4, 0.5) is 11.4 Å². The van der Waals surface area contributed by atoms with E-state index in [2.05, 4.69) is 12.2 Å². The van der Waals surface area contributed by atoms with E-state index in [9.17, 15) is 4.79 Å².